The molecule has 1 aromatic carbocycles. The molecule has 6 heteroatoms. The fourth-order valence-electron chi connectivity index (χ4n) is 1.70. The van der Waals surface area contributed by atoms with E-state index in [9.17, 15) is 4.79 Å². The number of aliphatic carboxylic acids is 1. The van der Waals surface area contributed by atoms with Crippen LogP contribution in [0.2, 0.25) is 5.02 Å². The van der Waals surface area contributed by atoms with Crippen LogP contribution in [0.15, 0.2) is 48.7 Å². The molecular weight excluding hydrogens is 304 g/mol. The first-order valence-electron chi connectivity index (χ1n) is 6.63. The predicted octanol–water partition coefficient (Wildman–Crippen LogP) is 3.32. The van der Waals surface area contributed by atoms with E-state index < -0.39 is 5.97 Å². The zero-order valence-electron chi connectivity index (χ0n) is 11.7. The summed E-state index contributed by atoms with van der Waals surface area (Å²) in [6, 6.07) is 11.2. The van der Waals surface area contributed by atoms with Crippen LogP contribution in [0.5, 0.6) is 5.75 Å². The van der Waals surface area contributed by atoms with Crippen LogP contribution in [-0.4, -0.2) is 29.2 Å². The first kappa shape index (κ1) is 15.9. The Kier molecular flexibility index (Phi) is 5.80. The Labute approximate surface area is 133 Å². The number of rotatable bonds is 7. The van der Waals surface area contributed by atoms with Crippen LogP contribution in [0.25, 0.3) is 6.08 Å². The van der Waals surface area contributed by atoms with Gasteiger partial charge in [-0.25, -0.2) is 9.78 Å². The van der Waals surface area contributed by atoms with Crippen molar-refractivity contribution in [2.24, 2.45) is 0 Å². The summed E-state index contributed by atoms with van der Waals surface area (Å²) in [5.74, 6) is 0.319. The first-order valence-corrected chi connectivity index (χ1v) is 7.01. The number of nitrogens with zero attached hydrogens (tertiary/aromatic N) is 1. The molecule has 1 heterocycles. The minimum atomic E-state index is -1.02. The van der Waals surface area contributed by atoms with Gasteiger partial charge >= 0.3 is 5.97 Å². The topological polar surface area (TPSA) is 71.5 Å². The number of halogens is 1. The molecule has 2 rings (SSSR count). The third-order valence-electron chi connectivity index (χ3n) is 2.69. The monoisotopic (exact) mass is 318 g/mol. The minimum Gasteiger partial charge on any atom is -0.492 e. The number of anilines is 1. The summed E-state index contributed by atoms with van der Waals surface area (Å²) < 4.78 is 5.55. The molecule has 22 heavy (non-hydrogen) atoms. The number of ether oxygens (including phenoxy) is 1. The van der Waals surface area contributed by atoms with Crippen molar-refractivity contribution >= 4 is 29.5 Å². The smallest absolute Gasteiger partial charge is 0.328 e. The summed E-state index contributed by atoms with van der Waals surface area (Å²) >= 11 is 6.09. The van der Waals surface area contributed by atoms with E-state index >= 15 is 0 Å². The van der Waals surface area contributed by atoms with E-state index in [4.69, 9.17) is 21.4 Å². The van der Waals surface area contributed by atoms with Crippen LogP contribution in [0.3, 0.4) is 0 Å². The number of para-hydroxylation sites is 1. The Morgan fingerprint density at radius 3 is 2.82 bits per heavy atom. The maximum Gasteiger partial charge on any atom is 0.328 e. The molecule has 0 radical (unpaired) electrons. The molecule has 0 unspecified atom stereocenters. The number of aromatic nitrogens is 1. The van der Waals surface area contributed by atoms with Crippen LogP contribution in [-0.2, 0) is 4.79 Å². The van der Waals surface area contributed by atoms with Crippen LogP contribution in [0, 0.1) is 0 Å². The Hall–Kier alpha value is -2.53. The third kappa shape index (κ3) is 5.10. The highest BCUT2D eigenvalue weighted by Crippen LogP contribution is 2.20. The minimum absolute atomic E-state index is 0.423. The van der Waals surface area contributed by atoms with Crippen molar-refractivity contribution in [1.29, 1.82) is 0 Å². The quantitative estimate of drug-likeness (QED) is 0.605. The lowest BCUT2D eigenvalue weighted by Crippen LogP contribution is -2.12. The average molecular weight is 319 g/mol. The molecule has 0 saturated carbocycles. The number of hydrogen-bond donors (Lipinski definition) is 2. The van der Waals surface area contributed by atoms with Crippen molar-refractivity contribution in [3.05, 3.63) is 59.3 Å². The van der Waals surface area contributed by atoms with Gasteiger partial charge in [0.15, 0.2) is 0 Å². The highest BCUT2D eigenvalue weighted by molar-refractivity contribution is 6.33. The highest BCUT2D eigenvalue weighted by atomic mass is 35.5. The number of carbonyl (C=O) groups is 1. The molecule has 114 valence electrons. The zero-order chi connectivity index (χ0) is 15.8. The number of carboxylic acids is 1. The molecule has 0 amide bonds. The van der Waals surface area contributed by atoms with Gasteiger partial charge in [0, 0.05) is 12.3 Å². The molecular formula is C16H15ClN2O3. The van der Waals surface area contributed by atoms with Gasteiger partial charge in [0.1, 0.15) is 18.2 Å². The molecule has 5 nitrogen and oxygen atoms in total. The number of carboxylic acid groups (broad SMARTS) is 1. The van der Waals surface area contributed by atoms with E-state index in [2.05, 4.69) is 10.3 Å². The molecule has 2 aromatic rings. The summed E-state index contributed by atoms with van der Waals surface area (Å²) in [4.78, 5) is 14.6. The van der Waals surface area contributed by atoms with Crippen LogP contribution >= 0.6 is 11.6 Å². The van der Waals surface area contributed by atoms with Crippen LogP contribution in [0.1, 0.15) is 5.56 Å². The first-order chi connectivity index (χ1) is 10.6. The molecule has 1 aromatic heterocycles. The Morgan fingerprint density at radius 2 is 2.14 bits per heavy atom. The highest BCUT2D eigenvalue weighted by Gasteiger charge is 2.02. The third-order valence-corrected chi connectivity index (χ3v) is 2.98. The lowest BCUT2D eigenvalue weighted by Gasteiger charge is -2.09. The van der Waals surface area contributed by atoms with Crippen molar-refractivity contribution in [3.63, 3.8) is 0 Å². The van der Waals surface area contributed by atoms with Crippen LogP contribution < -0.4 is 10.1 Å². The average Bonchev–Trinajstić information content (AvgIpc) is 2.52. The summed E-state index contributed by atoms with van der Waals surface area (Å²) in [7, 11) is 0. The molecule has 0 bridgehead atoms. The fourth-order valence-corrected chi connectivity index (χ4v) is 1.94. The molecule has 0 atom stereocenters. The molecule has 0 fully saturated rings. The van der Waals surface area contributed by atoms with Crippen molar-refractivity contribution in [1.82, 2.24) is 4.98 Å². The van der Waals surface area contributed by atoms with Crippen molar-refractivity contribution in [2.45, 2.75) is 0 Å². The van der Waals surface area contributed by atoms with Crippen molar-refractivity contribution in [3.8, 4) is 5.75 Å². The Bertz CT molecular complexity index is 660. The standard InChI is InChI=1S/C16H15ClN2O3/c17-14-10-12(6-7-15(20)21)11-19-16(14)18-8-9-22-13-4-2-1-3-5-13/h1-7,10-11H,8-9H2,(H,18,19)(H,20,21). The van der Waals surface area contributed by atoms with E-state index in [0.717, 1.165) is 11.8 Å². The van der Waals surface area contributed by atoms with Gasteiger partial charge in [0.2, 0.25) is 0 Å². The van der Waals surface area contributed by atoms with Crippen LogP contribution in [0.4, 0.5) is 5.82 Å². The Balaban J connectivity index is 1.84. The summed E-state index contributed by atoms with van der Waals surface area (Å²) in [5, 5.41) is 12.1. The molecule has 2 N–H and O–H groups in total. The second-order valence-corrected chi connectivity index (χ2v) is 4.77. The van der Waals surface area contributed by atoms with E-state index in [1.165, 1.54) is 6.08 Å². The second-order valence-electron chi connectivity index (χ2n) is 4.36. The SMILES string of the molecule is O=C(O)C=Cc1cnc(NCCOc2ccccc2)c(Cl)c1. The molecule has 0 spiro atoms. The van der Waals surface area contributed by atoms with Gasteiger partial charge in [-0.3, -0.25) is 0 Å². The number of benzene rings is 1. The van der Waals surface area contributed by atoms with Gasteiger partial charge in [0.05, 0.1) is 11.6 Å². The number of pyridine rings is 1. The molecule has 0 saturated heterocycles. The van der Waals surface area contributed by atoms with Gasteiger partial charge in [-0.2, -0.15) is 0 Å². The molecule has 0 aliphatic carbocycles. The lowest BCUT2D eigenvalue weighted by atomic mass is 10.2. The molecule has 0 aliphatic rings. The normalized spacial score (nSPS) is 10.6. The maximum atomic E-state index is 10.4. The largest absolute Gasteiger partial charge is 0.492 e. The van der Waals surface area contributed by atoms with Gasteiger partial charge in [-0.1, -0.05) is 29.8 Å². The van der Waals surface area contributed by atoms with E-state index in [1.54, 1.807) is 12.3 Å². The van der Waals surface area contributed by atoms with Crippen molar-refractivity contribution in [2.75, 3.05) is 18.5 Å². The predicted molar refractivity (Wildman–Crippen MR) is 86.3 cm³/mol. The van der Waals surface area contributed by atoms with Gasteiger partial charge in [0.25, 0.3) is 0 Å². The fraction of sp³-hybridized carbons (Fsp3) is 0.125. The van der Waals surface area contributed by atoms with Gasteiger partial charge in [-0.05, 0) is 29.8 Å². The number of hydrogen-bond acceptors (Lipinski definition) is 4. The summed E-state index contributed by atoms with van der Waals surface area (Å²) in [6.07, 6.45) is 4.02. The van der Waals surface area contributed by atoms with Crippen molar-refractivity contribution < 1.29 is 14.6 Å². The summed E-state index contributed by atoms with van der Waals surface area (Å²) in [6.45, 7) is 1.02. The second kappa shape index (κ2) is 8.05. The molecule has 0 aliphatic heterocycles. The maximum absolute atomic E-state index is 10.4. The van der Waals surface area contributed by atoms with E-state index in [1.807, 2.05) is 30.3 Å². The summed E-state index contributed by atoms with van der Waals surface area (Å²) in [5.41, 5.74) is 0.624. The lowest BCUT2D eigenvalue weighted by molar-refractivity contribution is -0.131. The van der Waals surface area contributed by atoms with Gasteiger partial charge < -0.3 is 15.2 Å². The Morgan fingerprint density at radius 1 is 1.36 bits per heavy atom. The van der Waals surface area contributed by atoms with E-state index in [-0.39, 0.29) is 0 Å². The van der Waals surface area contributed by atoms with E-state index in [0.29, 0.717) is 29.6 Å². The number of nitrogens with one attached hydrogen (secondary N) is 1. The zero-order valence-corrected chi connectivity index (χ0v) is 12.5. The van der Waals surface area contributed by atoms with Gasteiger partial charge in [-0.15, -0.1) is 0 Å².